The van der Waals surface area contributed by atoms with Crippen molar-refractivity contribution >= 4 is 39.5 Å². The smallest absolute Gasteiger partial charge is 0.462 e. The van der Waals surface area contributed by atoms with Gasteiger partial charge in [0.05, 0.1) is 32.8 Å². The van der Waals surface area contributed by atoms with Crippen LogP contribution in [0.25, 0.3) is 0 Å². The zero-order valence-electron chi connectivity index (χ0n) is 58.1. The van der Waals surface area contributed by atoms with Gasteiger partial charge in [-0.3, -0.25) is 37.3 Å². The number of hydrogen-bond donors (Lipinski definition) is 3. The zero-order chi connectivity index (χ0) is 69.0. The Balaban J connectivity index is 5.42. The van der Waals surface area contributed by atoms with Gasteiger partial charge in [-0.25, -0.2) is 9.13 Å². The summed E-state index contributed by atoms with van der Waals surface area (Å²) in [6, 6.07) is 0. The Hall–Kier alpha value is -4.80. The first kappa shape index (κ1) is 89.2. The fourth-order valence-corrected chi connectivity index (χ4v) is 10.3. The molecule has 0 aliphatic heterocycles. The Morgan fingerprint density at radius 1 is 0.319 bits per heavy atom. The Morgan fingerprint density at radius 2 is 0.617 bits per heavy atom. The second-order valence-electron chi connectivity index (χ2n) is 23.1. The standard InChI is InChI=1S/C75H124O17P2/c1-5-9-13-17-21-25-29-32-34-37-40-43-47-51-55-59-72(77)85-65-70(91-74(79)61-57-53-49-45-39-28-24-20-16-12-8-4)67-89-93(81,82)87-63-69(76)64-88-94(83,84)90-68-71(92-75(80)62-58-54-50-46-42-36-31-27-23-19-15-11-7-3)66-86-73(78)60-56-52-48-44-41-38-35-33-30-26-22-18-14-10-6-2/h9-10,13-15,19-22,24-27,31-35,41,44,52,56,69-71,76H,5-8,11-12,16-18,23,28-30,36-40,42-43,45-51,53-55,57-68H2,1-4H3,(H,81,82)(H,83,84)/b13-9-,14-10-,19-15-,24-20-,25-21-,26-22-,31-27-,34-32-,35-33-,44-41-,56-52-. The first-order valence-corrected chi connectivity index (χ1v) is 38.4. The number of ether oxygens (including phenoxy) is 4. The molecule has 0 aromatic carbocycles. The highest BCUT2D eigenvalue weighted by Crippen LogP contribution is 2.45. The summed E-state index contributed by atoms with van der Waals surface area (Å²) in [5, 5.41) is 10.6. The summed E-state index contributed by atoms with van der Waals surface area (Å²) in [4.78, 5) is 72.5. The van der Waals surface area contributed by atoms with Crippen LogP contribution in [0.2, 0.25) is 0 Å². The molecule has 0 bridgehead atoms. The number of aliphatic hydroxyl groups is 1. The van der Waals surface area contributed by atoms with Crippen molar-refractivity contribution in [1.29, 1.82) is 0 Å². The monoisotopic (exact) mass is 1360 g/mol. The highest BCUT2D eigenvalue weighted by molar-refractivity contribution is 7.47. The molecule has 17 nitrogen and oxygen atoms in total. The van der Waals surface area contributed by atoms with Crippen LogP contribution in [0.5, 0.6) is 0 Å². The number of unbranched alkanes of at least 4 members (excludes halogenated alkanes) is 18. The van der Waals surface area contributed by atoms with Crippen molar-refractivity contribution in [2.24, 2.45) is 0 Å². The summed E-state index contributed by atoms with van der Waals surface area (Å²) < 4.78 is 68.1. The van der Waals surface area contributed by atoms with Crippen LogP contribution in [0.4, 0.5) is 0 Å². The van der Waals surface area contributed by atoms with Crippen molar-refractivity contribution in [2.75, 3.05) is 39.6 Å². The molecule has 0 spiro atoms. The average molecular weight is 1360 g/mol. The van der Waals surface area contributed by atoms with E-state index >= 15 is 0 Å². The first-order chi connectivity index (χ1) is 45.7. The van der Waals surface area contributed by atoms with E-state index in [1.807, 2.05) is 18.2 Å². The lowest BCUT2D eigenvalue weighted by atomic mass is 10.1. The van der Waals surface area contributed by atoms with Crippen molar-refractivity contribution in [3.8, 4) is 0 Å². The minimum atomic E-state index is -5.00. The van der Waals surface area contributed by atoms with Crippen LogP contribution in [-0.4, -0.2) is 96.7 Å². The molecule has 0 aromatic rings. The minimum absolute atomic E-state index is 0.0555. The third-order valence-electron chi connectivity index (χ3n) is 14.1. The molecule has 0 aliphatic rings. The molecule has 3 N–H and O–H groups in total. The van der Waals surface area contributed by atoms with Gasteiger partial charge in [0.2, 0.25) is 0 Å². The molecule has 0 amide bonds. The van der Waals surface area contributed by atoms with E-state index in [4.69, 9.17) is 37.0 Å². The molecule has 0 saturated heterocycles. The molecule has 0 saturated carbocycles. The number of carbonyl (C=O) groups excluding carboxylic acids is 4. The number of esters is 4. The predicted octanol–water partition coefficient (Wildman–Crippen LogP) is 19.8. The van der Waals surface area contributed by atoms with Gasteiger partial charge in [-0.05, 0) is 128 Å². The number of allylic oxidation sites excluding steroid dienone is 21. The zero-order valence-corrected chi connectivity index (χ0v) is 59.9. The fraction of sp³-hybridized carbons (Fsp3) is 0.653. The van der Waals surface area contributed by atoms with Gasteiger partial charge in [-0.15, -0.1) is 0 Å². The van der Waals surface area contributed by atoms with Gasteiger partial charge in [0.25, 0.3) is 0 Å². The lowest BCUT2D eigenvalue weighted by molar-refractivity contribution is -0.161. The Morgan fingerprint density at radius 3 is 1.00 bits per heavy atom. The van der Waals surface area contributed by atoms with Crippen LogP contribution < -0.4 is 0 Å². The van der Waals surface area contributed by atoms with Crippen LogP contribution >= 0.6 is 15.6 Å². The van der Waals surface area contributed by atoms with Crippen molar-refractivity contribution in [3.05, 3.63) is 134 Å². The lowest BCUT2D eigenvalue weighted by Crippen LogP contribution is -2.30. The Kier molecular flexibility index (Phi) is 63.4. The molecule has 0 heterocycles. The highest BCUT2D eigenvalue weighted by Gasteiger charge is 2.30. The summed E-state index contributed by atoms with van der Waals surface area (Å²) in [5.41, 5.74) is 0. The van der Waals surface area contributed by atoms with E-state index in [1.165, 1.54) is 12.8 Å². The first-order valence-electron chi connectivity index (χ1n) is 35.4. The van der Waals surface area contributed by atoms with Crippen LogP contribution in [-0.2, 0) is 65.4 Å². The van der Waals surface area contributed by atoms with E-state index in [9.17, 15) is 43.2 Å². The second-order valence-corrected chi connectivity index (χ2v) is 26.0. The number of carbonyl (C=O) groups is 4. The summed E-state index contributed by atoms with van der Waals surface area (Å²) in [7, 11) is -9.98. The molecular formula is C75H124O17P2. The normalized spacial score (nSPS) is 14.8. The predicted molar refractivity (Wildman–Crippen MR) is 381 cm³/mol. The summed E-state index contributed by atoms with van der Waals surface area (Å²) in [5.74, 6) is -2.38. The molecule has 0 aromatic heterocycles. The molecule has 94 heavy (non-hydrogen) atoms. The van der Waals surface area contributed by atoms with Gasteiger partial charge in [0.15, 0.2) is 12.2 Å². The van der Waals surface area contributed by atoms with Gasteiger partial charge in [0.1, 0.15) is 19.3 Å². The van der Waals surface area contributed by atoms with Gasteiger partial charge in [0, 0.05) is 19.3 Å². The molecular weight excluding hydrogens is 1230 g/mol. The summed E-state index contributed by atoms with van der Waals surface area (Å²) in [6.45, 7) is 4.34. The SMILES string of the molecule is CC/C=C\C/C=C\C/C=C\C/C=C\C/C=C\CC(=O)OCC(COP(=O)(O)OCC(O)COP(=O)(O)OCC(COC(=O)CCCCCCC/C=C\C/C=C\C/C=C\CC)OC(=O)CCCCCCC/C=C\CCCC)OC(=O)CCCCCCC/C=C\C/C=C\CCC. The highest BCUT2D eigenvalue weighted by atomic mass is 31.2. The van der Waals surface area contributed by atoms with Crippen molar-refractivity contribution < 1.29 is 80.2 Å². The molecule has 5 unspecified atom stereocenters. The number of hydrogen-bond acceptors (Lipinski definition) is 15. The number of rotatable bonds is 65. The van der Waals surface area contributed by atoms with Crippen LogP contribution in [0.3, 0.4) is 0 Å². The molecule has 0 fully saturated rings. The number of aliphatic hydroxyl groups excluding tert-OH is 1. The quantitative estimate of drug-likeness (QED) is 0.0169. The fourth-order valence-electron chi connectivity index (χ4n) is 8.74. The van der Waals surface area contributed by atoms with E-state index in [1.54, 1.807) is 6.08 Å². The van der Waals surface area contributed by atoms with E-state index in [0.29, 0.717) is 25.7 Å². The van der Waals surface area contributed by atoms with Gasteiger partial charge in [-0.2, -0.15) is 0 Å². The van der Waals surface area contributed by atoms with E-state index in [0.717, 1.165) is 167 Å². The molecule has 0 radical (unpaired) electrons. The Labute approximate surface area is 567 Å². The van der Waals surface area contributed by atoms with Crippen molar-refractivity contribution in [3.63, 3.8) is 0 Å². The molecule has 19 heteroatoms. The summed E-state index contributed by atoms with van der Waals surface area (Å²) in [6.07, 6.45) is 72.1. The van der Waals surface area contributed by atoms with Crippen LogP contribution in [0.15, 0.2) is 134 Å². The number of phosphoric acid groups is 2. The maximum absolute atomic E-state index is 13.0. The largest absolute Gasteiger partial charge is 0.472 e. The van der Waals surface area contributed by atoms with Crippen molar-refractivity contribution in [1.82, 2.24) is 0 Å². The second kappa shape index (κ2) is 66.8. The topological polar surface area (TPSA) is 237 Å². The molecule has 0 rings (SSSR count). The van der Waals surface area contributed by atoms with E-state index in [2.05, 4.69) is 137 Å². The maximum atomic E-state index is 13.0. The molecule has 5 atom stereocenters. The van der Waals surface area contributed by atoms with Gasteiger partial charge >= 0.3 is 39.5 Å². The Bertz CT molecular complexity index is 2310. The maximum Gasteiger partial charge on any atom is 0.472 e. The molecule has 0 aliphatic carbocycles. The minimum Gasteiger partial charge on any atom is -0.462 e. The van der Waals surface area contributed by atoms with Gasteiger partial charge in [-0.1, -0.05) is 238 Å². The third kappa shape index (κ3) is 65.8. The van der Waals surface area contributed by atoms with Crippen molar-refractivity contribution in [2.45, 2.75) is 277 Å². The summed E-state index contributed by atoms with van der Waals surface area (Å²) >= 11 is 0. The van der Waals surface area contributed by atoms with E-state index in [-0.39, 0.29) is 25.7 Å². The van der Waals surface area contributed by atoms with Crippen LogP contribution in [0.1, 0.15) is 259 Å². The average Bonchev–Trinajstić information content (AvgIpc) is 1.55. The van der Waals surface area contributed by atoms with E-state index < -0.39 is 97.5 Å². The van der Waals surface area contributed by atoms with Crippen LogP contribution in [0, 0.1) is 0 Å². The third-order valence-corrected chi connectivity index (χ3v) is 16.0. The lowest BCUT2D eigenvalue weighted by Gasteiger charge is -2.21. The molecule has 536 valence electrons. The number of phosphoric ester groups is 2. The van der Waals surface area contributed by atoms with Gasteiger partial charge < -0.3 is 33.8 Å².